The Morgan fingerprint density at radius 3 is 2.70 bits per heavy atom. The Morgan fingerprint density at radius 2 is 2.00 bits per heavy atom. The van der Waals surface area contributed by atoms with Crippen molar-refractivity contribution in [2.45, 2.75) is 76.7 Å². The number of aromatic nitrogens is 2. The van der Waals surface area contributed by atoms with Crippen molar-refractivity contribution in [3.63, 3.8) is 0 Å². The summed E-state index contributed by atoms with van der Waals surface area (Å²) in [7, 11) is 0. The van der Waals surface area contributed by atoms with E-state index in [1.807, 2.05) is 0 Å². The van der Waals surface area contributed by atoms with Gasteiger partial charge in [0.1, 0.15) is 0 Å². The molecule has 2 fully saturated rings. The highest BCUT2D eigenvalue weighted by Gasteiger charge is 2.27. The van der Waals surface area contributed by atoms with Gasteiger partial charge in [0.2, 0.25) is 5.89 Å². The molecular weight excluding hydrogens is 250 g/mol. The van der Waals surface area contributed by atoms with Crippen molar-refractivity contribution in [1.82, 2.24) is 15.5 Å². The van der Waals surface area contributed by atoms with Gasteiger partial charge >= 0.3 is 0 Å². The molecule has 1 aromatic heterocycles. The molecular formula is C16H27N3O. The van der Waals surface area contributed by atoms with Crippen molar-refractivity contribution in [2.24, 2.45) is 5.92 Å². The van der Waals surface area contributed by atoms with Crippen LogP contribution in [0.25, 0.3) is 0 Å². The maximum atomic E-state index is 5.51. The van der Waals surface area contributed by atoms with Crippen LogP contribution in [0.4, 0.5) is 0 Å². The number of piperidine rings is 1. The highest BCUT2D eigenvalue weighted by atomic mass is 16.5. The van der Waals surface area contributed by atoms with Crippen LogP contribution in [-0.2, 0) is 0 Å². The quantitative estimate of drug-likeness (QED) is 0.905. The second-order valence-electron chi connectivity index (χ2n) is 6.50. The minimum absolute atomic E-state index is 0.293. The fourth-order valence-electron chi connectivity index (χ4n) is 3.73. The van der Waals surface area contributed by atoms with Crippen LogP contribution in [0.3, 0.4) is 0 Å². The molecule has 4 nitrogen and oxygen atoms in total. The predicted molar refractivity (Wildman–Crippen MR) is 78.5 cm³/mol. The molecule has 0 bridgehead atoms. The molecule has 2 aliphatic rings. The molecule has 20 heavy (non-hydrogen) atoms. The molecule has 0 spiro atoms. The summed E-state index contributed by atoms with van der Waals surface area (Å²) in [5.74, 6) is 3.24. The first-order valence-electron chi connectivity index (χ1n) is 8.43. The molecule has 1 N–H and O–H groups in total. The molecule has 0 amide bonds. The Balaban J connectivity index is 1.57. The summed E-state index contributed by atoms with van der Waals surface area (Å²) >= 11 is 0. The lowest BCUT2D eigenvalue weighted by molar-refractivity contribution is 0.283. The summed E-state index contributed by atoms with van der Waals surface area (Å²) in [5.41, 5.74) is 0. The third-order valence-electron chi connectivity index (χ3n) is 4.97. The molecule has 0 radical (unpaired) electrons. The van der Waals surface area contributed by atoms with E-state index in [0.29, 0.717) is 12.0 Å². The van der Waals surface area contributed by atoms with E-state index in [0.717, 1.165) is 30.6 Å². The third kappa shape index (κ3) is 3.22. The molecule has 0 unspecified atom stereocenters. The van der Waals surface area contributed by atoms with Gasteiger partial charge in [-0.3, -0.25) is 0 Å². The molecule has 1 aromatic rings. The highest BCUT2D eigenvalue weighted by molar-refractivity contribution is 5.01. The third-order valence-corrected chi connectivity index (χ3v) is 4.97. The van der Waals surface area contributed by atoms with E-state index in [2.05, 4.69) is 22.4 Å². The molecule has 1 atom stereocenters. The summed E-state index contributed by atoms with van der Waals surface area (Å²) in [4.78, 5) is 4.69. The maximum Gasteiger partial charge on any atom is 0.243 e. The average molecular weight is 277 g/mol. The molecule has 0 aromatic carbocycles. The Kier molecular flexibility index (Phi) is 4.71. The number of rotatable bonds is 4. The number of hydrogen-bond acceptors (Lipinski definition) is 4. The summed E-state index contributed by atoms with van der Waals surface area (Å²) in [6.07, 6.45) is 11.5. The predicted octanol–water partition coefficient (Wildman–Crippen LogP) is 3.96. The minimum Gasteiger partial charge on any atom is -0.338 e. The highest BCUT2D eigenvalue weighted by Crippen LogP contribution is 2.36. The van der Waals surface area contributed by atoms with Crippen LogP contribution < -0.4 is 5.32 Å². The van der Waals surface area contributed by atoms with Crippen LogP contribution >= 0.6 is 0 Å². The average Bonchev–Trinajstić information content (AvgIpc) is 2.99. The van der Waals surface area contributed by atoms with Gasteiger partial charge in [0.25, 0.3) is 0 Å². The number of hydrogen-bond donors (Lipinski definition) is 1. The van der Waals surface area contributed by atoms with Crippen molar-refractivity contribution in [1.29, 1.82) is 0 Å². The SMILES string of the molecule is CCCC1CCC(c2noc([C@@H]3CCCCN3)n2)CC1. The summed E-state index contributed by atoms with van der Waals surface area (Å²) in [6, 6.07) is 0.293. The molecule has 3 rings (SSSR count). The standard InChI is InChI=1S/C16H27N3O/c1-2-5-12-7-9-13(10-8-12)15-18-16(20-19-15)14-6-3-4-11-17-14/h12-14,17H,2-11H2,1H3/t12?,13?,14-/m0/s1. The molecule has 1 aliphatic carbocycles. The summed E-state index contributed by atoms with van der Waals surface area (Å²) in [5, 5.41) is 7.74. The first-order chi connectivity index (χ1) is 9.86. The van der Waals surface area contributed by atoms with Crippen molar-refractivity contribution >= 4 is 0 Å². The van der Waals surface area contributed by atoms with E-state index in [9.17, 15) is 0 Å². The van der Waals surface area contributed by atoms with Crippen LogP contribution in [0.15, 0.2) is 4.52 Å². The van der Waals surface area contributed by atoms with Gasteiger partial charge < -0.3 is 9.84 Å². The zero-order chi connectivity index (χ0) is 13.8. The van der Waals surface area contributed by atoms with Crippen LogP contribution in [0.2, 0.25) is 0 Å². The first kappa shape index (κ1) is 14.1. The molecule has 112 valence electrons. The van der Waals surface area contributed by atoms with Gasteiger partial charge in [-0.25, -0.2) is 0 Å². The van der Waals surface area contributed by atoms with E-state index in [4.69, 9.17) is 4.52 Å². The lowest BCUT2D eigenvalue weighted by Crippen LogP contribution is -2.27. The van der Waals surface area contributed by atoms with Crippen LogP contribution in [0.5, 0.6) is 0 Å². The van der Waals surface area contributed by atoms with Gasteiger partial charge in [-0.05, 0) is 51.0 Å². The van der Waals surface area contributed by atoms with Gasteiger partial charge in [-0.15, -0.1) is 0 Å². The molecule has 1 saturated heterocycles. The van der Waals surface area contributed by atoms with Crippen LogP contribution in [0, 0.1) is 5.92 Å². The number of nitrogens with one attached hydrogen (secondary N) is 1. The van der Waals surface area contributed by atoms with E-state index in [1.165, 1.54) is 51.4 Å². The van der Waals surface area contributed by atoms with Gasteiger partial charge in [0.15, 0.2) is 5.82 Å². The van der Waals surface area contributed by atoms with Gasteiger partial charge in [-0.2, -0.15) is 4.98 Å². The van der Waals surface area contributed by atoms with E-state index in [-0.39, 0.29) is 0 Å². The second-order valence-corrected chi connectivity index (χ2v) is 6.50. The van der Waals surface area contributed by atoms with Crippen molar-refractivity contribution in [3.05, 3.63) is 11.7 Å². The lowest BCUT2D eigenvalue weighted by atomic mass is 9.80. The smallest absolute Gasteiger partial charge is 0.243 e. The maximum absolute atomic E-state index is 5.51. The van der Waals surface area contributed by atoms with Gasteiger partial charge in [0.05, 0.1) is 6.04 Å². The Morgan fingerprint density at radius 1 is 1.15 bits per heavy atom. The molecule has 4 heteroatoms. The lowest BCUT2D eigenvalue weighted by Gasteiger charge is -2.26. The monoisotopic (exact) mass is 277 g/mol. The second kappa shape index (κ2) is 6.70. The zero-order valence-electron chi connectivity index (χ0n) is 12.6. The van der Waals surface area contributed by atoms with Crippen LogP contribution in [0.1, 0.15) is 88.4 Å². The van der Waals surface area contributed by atoms with E-state index < -0.39 is 0 Å². The summed E-state index contributed by atoms with van der Waals surface area (Å²) < 4.78 is 5.51. The number of nitrogens with zero attached hydrogens (tertiary/aromatic N) is 2. The Bertz CT molecular complexity index is 404. The van der Waals surface area contributed by atoms with Crippen molar-refractivity contribution in [3.8, 4) is 0 Å². The molecule has 1 saturated carbocycles. The Hall–Kier alpha value is -0.900. The molecule has 1 aliphatic heterocycles. The zero-order valence-corrected chi connectivity index (χ0v) is 12.6. The normalized spacial score (nSPS) is 31.4. The fraction of sp³-hybridized carbons (Fsp3) is 0.875. The largest absolute Gasteiger partial charge is 0.338 e. The van der Waals surface area contributed by atoms with Gasteiger partial charge in [-0.1, -0.05) is 31.3 Å². The minimum atomic E-state index is 0.293. The van der Waals surface area contributed by atoms with E-state index in [1.54, 1.807) is 0 Å². The molecule has 2 heterocycles. The van der Waals surface area contributed by atoms with E-state index >= 15 is 0 Å². The Labute approximate surface area is 121 Å². The van der Waals surface area contributed by atoms with Crippen molar-refractivity contribution in [2.75, 3.05) is 6.54 Å². The topological polar surface area (TPSA) is 51.0 Å². The fourth-order valence-corrected chi connectivity index (χ4v) is 3.73. The van der Waals surface area contributed by atoms with Crippen molar-refractivity contribution < 1.29 is 4.52 Å². The first-order valence-corrected chi connectivity index (χ1v) is 8.43. The van der Waals surface area contributed by atoms with Gasteiger partial charge in [0, 0.05) is 5.92 Å². The summed E-state index contributed by atoms with van der Waals surface area (Å²) in [6.45, 7) is 3.36. The van der Waals surface area contributed by atoms with Crippen LogP contribution in [-0.4, -0.2) is 16.7 Å².